The maximum atomic E-state index is 12.2. The summed E-state index contributed by atoms with van der Waals surface area (Å²) in [5, 5.41) is 14.4. The van der Waals surface area contributed by atoms with Crippen molar-refractivity contribution in [2.24, 2.45) is 11.8 Å². The van der Waals surface area contributed by atoms with Crippen LogP contribution in [-0.4, -0.2) is 42.8 Å². The molecule has 0 bridgehead atoms. The first-order valence-electron chi connectivity index (χ1n) is 12.1. The summed E-state index contributed by atoms with van der Waals surface area (Å²) in [5.41, 5.74) is 4.59. The summed E-state index contributed by atoms with van der Waals surface area (Å²) in [6.07, 6.45) is 3.67. The molecule has 2 aliphatic carbocycles. The van der Waals surface area contributed by atoms with Crippen LogP contribution in [0.25, 0.3) is 11.1 Å². The normalized spacial score (nSPS) is 15.3. The van der Waals surface area contributed by atoms with E-state index in [1.165, 1.54) is 0 Å². The third kappa shape index (κ3) is 6.21. The molecule has 2 aliphatic rings. The lowest BCUT2D eigenvalue weighted by Crippen LogP contribution is -2.33. The molecule has 7 heteroatoms. The van der Waals surface area contributed by atoms with E-state index < -0.39 is 18.0 Å². The first-order valence-corrected chi connectivity index (χ1v) is 12.1. The molecule has 2 aromatic carbocycles. The smallest absolute Gasteiger partial charge is 0.407 e. The monoisotopic (exact) mass is 474 g/mol. The van der Waals surface area contributed by atoms with Crippen LogP contribution >= 0.6 is 0 Å². The molecule has 0 saturated heterocycles. The van der Waals surface area contributed by atoms with Gasteiger partial charge in [-0.15, -0.1) is 0 Å². The largest absolute Gasteiger partial charge is 0.481 e. The molecule has 3 N–H and O–H groups in total. The molecule has 182 valence electrons. The summed E-state index contributed by atoms with van der Waals surface area (Å²) in [7, 11) is 0. The van der Waals surface area contributed by atoms with E-state index in [1.54, 1.807) is 0 Å². The zero-order valence-corrected chi connectivity index (χ0v) is 19.6. The standard InChI is InChI=1S/C28H30N2O5/c31-26(30-17-20(16-27(32)33)19-8-1-2-9-19)14-7-15-29-28(34)35-18-25-23-12-5-3-10-21(23)22-11-4-6-13-24(22)25/h3-6,10-13,19-20,25H,1-2,8-9,15-18H2,(H,29,34)(H,30,31)(H,32,33). The second-order valence-electron chi connectivity index (χ2n) is 9.09. The summed E-state index contributed by atoms with van der Waals surface area (Å²) < 4.78 is 5.45. The predicted molar refractivity (Wildman–Crippen MR) is 132 cm³/mol. The van der Waals surface area contributed by atoms with Gasteiger partial charge in [-0.2, -0.15) is 0 Å². The minimum atomic E-state index is -0.852. The number of hydrogen-bond acceptors (Lipinski definition) is 4. The van der Waals surface area contributed by atoms with E-state index >= 15 is 0 Å². The lowest BCUT2D eigenvalue weighted by atomic mass is 9.88. The van der Waals surface area contributed by atoms with Gasteiger partial charge in [0.05, 0.1) is 13.0 Å². The lowest BCUT2D eigenvalue weighted by molar-refractivity contribution is -0.138. The molecule has 35 heavy (non-hydrogen) atoms. The zero-order chi connectivity index (χ0) is 24.6. The van der Waals surface area contributed by atoms with Crippen LogP contribution < -0.4 is 10.6 Å². The highest BCUT2D eigenvalue weighted by atomic mass is 16.5. The maximum Gasteiger partial charge on any atom is 0.407 e. The number of fused-ring (bicyclic) bond motifs is 3. The lowest BCUT2D eigenvalue weighted by Gasteiger charge is -2.21. The van der Waals surface area contributed by atoms with Crippen molar-refractivity contribution in [3.8, 4) is 23.0 Å². The van der Waals surface area contributed by atoms with Crippen molar-refractivity contribution >= 4 is 18.0 Å². The maximum absolute atomic E-state index is 12.2. The van der Waals surface area contributed by atoms with Crippen molar-refractivity contribution in [1.82, 2.24) is 10.6 Å². The fourth-order valence-electron chi connectivity index (χ4n) is 5.22. The van der Waals surface area contributed by atoms with Crippen LogP contribution in [0.4, 0.5) is 4.79 Å². The zero-order valence-electron chi connectivity index (χ0n) is 19.6. The van der Waals surface area contributed by atoms with Crippen molar-refractivity contribution in [3.05, 3.63) is 59.7 Å². The van der Waals surface area contributed by atoms with Gasteiger partial charge in [-0.05, 0) is 40.0 Å². The van der Waals surface area contributed by atoms with Crippen LogP contribution in [0.15, 0.2) is 48.5 Å². The molecule has 0 radical (unpaired) electrons. The number of carbonyl (C=O) groups is 3. The molecule has 0 aromatic heterocycles. The van der Waals surface area contributed by atoms with Crippen molar-refractivity contribution in [2.75, 3.05) is 19.7 Å². The number of nitrogens with one attached hydrogen (secondary N) is 2. The van der Waals surface area contributed by atoms with Crippen molar-refractivity contribution < 1.29 is 24.2 Å². The number of ether oxygens (including phenoxy) is 1. The molecule has 1 atom stereocenters. The van der Waals surface area contributed by atoms with Gasteiger partial charge < -0.3 is 20.5 Å². The number of carboxylic acids is 1. The molecule has 1 fully saturated rings. The van der Waals surface area contributed by atoms with Gasteiger partial charge in [0.15, 0.2) is 0 Å². The van der Waals surface area contributed by atoms with Gasteiger partial charge in [-0.25, -0.2) is 4.79 Å². The molecule has 2 amide bonds. The predicted octanol–water partition coefficient (Wildman–Crippen LogP) is 3.93. The van der Waals surface area contributed by atoms with Crippen molar-refractivity contribution in [2.45, 2.75) is 38.0 Å². The van der Waals surface area contributed by atoms with E-state index in [2.05, 4.69) is 46.7 Å². The molecular weight excluding hydrogens is 444 g/mol. The fraction of sp³-hybridized carbons (Fsp3) is 0.393. The summed E-state index contributed by atoms with van der Waals surface area (Å²) in [4.78, 5) is 35.4. The Morgan fingerprint density at radius 3 is 2.23 bits per heavy atom. The molecule has 7 nitrogen and oxygen atoms in total. The molecule has 1 saturated carbocycles. The number of rotatable bonds is 8. The van der Waals surface area contributed by atoms with Crippen molar-refractivity contribution in [3.63, 3.8) is 0 Å². The fourth-order valence-corrected chi connectivity index (χ4v) is 5.22. The average Bonchev–Trinajstić information content (AvgIpc) is 3.50. The number of alkyl carbamates (subject to hydrolysis) is 1. The quantitative estimate of drug-likeness (QED) is 0.503. The minimum Gasteiger partial charge on any atom is -0.481 e. The highest BCUT2D eigenvalue weighted by molar-refractivity contribution is 5.93. The topological polar surface area (TPSA) is 105 Å². The number of hydrogen-bond donors (Lipinski definition) is 3. The Morgan fingerprint density at radius 1 is 0.971 bits per heavy atom. The third-order valence-corrected chi connectivity index (χ3v) is 6.89. The second kappa shape index (κ2) is 11.6. The van der Waals surface area contributed by atoms with E-state index in [0.29, 0.717) is 12.5 Å². The average molecular weight is 475 g/mol. The number of benzene rings is 2. The van der Waals surface area contributed by atoms with Gasteiger partial charge in [0.1, 0.15) is 6.61 Å². The van der Waals surface area contributed by atoms with E-state index in [0.717, 1.165) is 47.9 Å². The Balaban J connectivity index is 1.21. The number of carbonyl (C=O) groups excluding carboxylic acids is 2. The molecule has 4 rings (SSSR count). The van der Waals surface area contributed by atoms with E-state index in [1.807, 2.05) is 24.3 Å². The molecular formula is C28H30N2O5. The number of amides is 2. The Hall–Kier alpha value is -3.79. The summed E-state index contributed by atoms with van der Waals surface area (Å²) in [6, 6.07) is 16.2. The Morgan fingerprint density at radius 2 is 1.60 bits per heavy atom. The Bertz CT molecular complexity index is 1100. The van der Waals surface area contributed by atoms with Gasteiger partial charge in [0.25, 0.3) is 5.91 Å². The summed E-state index contributed by atoms with van der Waals surface area (Å²) in [5.74, 6) is 3.95. The highest BCUT2D eigenvalue weighted by Crippen LogP contribution is 2.44. The minimum absolute atomic E-state index is 0.0225. The van der Waals surface area contributed by atoms with Crippen LogP contribution in [0.5, 0.6) is 0 Å². The van der Waals surface area contributed by atoms with Gasteiger partial charge >= 0.3 is 12.1 Å². The van der Waals surface area contributed by atoms with Crippen molar-refractivity contribution in [1.29, 1.82) is 0 Å². The third-order valence-electron chi connectivity index (χ3n) is 6.89. The van der Waals surface area contributed by atoms with Gasteiger partial charge in [0.2, 0.25) is 0 Å². The van der Waals surface area contributed by atoms with Gasteiger partial charge in [-0.1, -0.05) is 80.1 Å². The number of aliphatic carboxylic acids is 1. The Kier molecular flexibility index (Phi) is 8.04. The SMILES string of the molecule is O=C(O)CC(CNC(=O)C#CCNC(=O)OCC1c2ccccc2-c2ccccc21)C1CCCC1. The summed E-state index contributed by atoms with van der Waals surface area (Å²) >= 11 is 0. The first kappa shape index (κ1) is 24.3. The molecule has 0 aliphatic heterocycles. The van der Waals surface area contributed by atoms with Crippen LogP contribution in [0.3, 0.4) is 0 Å². The second-order valence-corrected chi connectivity index (χ2v) is 9.09. The first-order chi connectivity index (χ1) is 17.0. The number of carboxylic acid groups (broad SMARTS) is 1. The Labute approximate surface area is 205 Å². The highest BCUT2D eigenvalue weighted by Gasteiger charge is 2.29. The van der Waals surface area contributed by atoms with Crippen LogP contribution in [0.1, 0.15) is 49.1 Å². The van der Waals surface area contributed by atoms with Crippen LogP contribution in [0.2, 0.25) is 0 Å². The van der Waals surface area contributed by atoms with Gasteiger partial charge in [-0.3, -0.25) is 9.59 Å². The molecule has 2 aromatic rings. The molecule has 1 unspecified atom stereocenters. The molecule has 0 spiro atoms. The van der Waals surface area contributed by atoms with Crippen LogP contribution in [-0.2, 0) is 14.3 Å². The van der Waals surface area contributed by atoms with Gasteiger partial charge in [0, 0.05) is 12.5 Å². The van der Waals surface area contributed by atoms with E-state index in [9.17, 15) is 14.4 Å². The van der Waals surface area contributed by atoms with E-state index in [-0.39, 0.29) is 31.4 Å². The van der Waals surface area contributed by atoms with Crippen LogP contribution in [0, 0.1) is 23.7 Å². The summed E-state index contributed by atoms with van der Waals surface area (Å²) in [6.45, 7) is 0.482. The molecule has 0 heterocycles. The van der Waals surface area contributed by atoms with E-state index in [4.69, 9.17) is 9.84 Å².